The van der Waals surface area contributed by atoms with Gasteiger partial charge < -0.3 is 24.8 Å². The number of pyridine rings is 2. The van der Waals surface area contributed by atoms with Gasteiger partial charge in [0, 0.05) is 28.1 Å². The highest BCUT2D eigenvalue weighted by Crippen LogP contribution is 2.47. The van der Waals surface area contributed by atoms with Gasteiger partial charge in [-0.05, 0) is 62.8 Å². The molecule has 0 bridgehead atoms. The maximum atomic E-state index is 15.0. The molecule has 10 heteroatoms. The van der Waals surface area contributed by atoms with Crippen LogP contribution in [0.5, 0.6) is 0 Å². The number of carbonyl (C=O) groups is 2. The smallest absolute Gasteiger partial charge is 0.343 e. The number of halogens is 1. The van der Waals surface area contributed by atoms with E-state index in [9.17, 15) is 24.2 Å². The Labute approximate surface area is 223 Å². The lowest BCUT2D eigenvalue weighted by Gasteiger charge is -2.32. The van der Waals surface area contributed by atoms with Gasteiger partial charge in [-0.2, -0.15) is 0 Å². The Hall–Kier alpha value is -3.21. The van der Waals surface area contributed by atoms with Crippen LogP contribution in [0.25, 0.3) is 22.3 Å². The lowest BCUT2D eigenvalue weighted by molar-refractivity contribution is -0.172. The van der Waals surface area contributed by atoms with E-state index in [2.05, 4.69) is 5.32 Å². The first-order valence-electron chi connectivity index (χ1n) is 12.7. The normalized spacial score (nSPS) is 21.6. The minimum Gasteiger partial charge on any atom is -0.458 e. The summed E-state index contributed by atoms with van der Waals surface area (Å²) in [6.45, 7) is 6.64. The van der Waals surface area contributed by atoms with E-state index in [0.717, 1.165) is 22.1 Å². The van der Waals surface area contributed by atoms with Crippen LogP contribution >= 0.6 is 12.2 Å². The molecule has 0 unspecified atom stereocenters. The van der Waals surface area contributed by atoms with Gasteiger partial charge in [-0.3, -0.25) is 4.79 Å². The Kier molecular flexibility index (Phi) is 5.38. The molecule has 1 aromatic carbocycles. The molecule has 3 N–H and O–H groups in total. The van der Waals surface area contributed by atoms with Crippen molar-refractivity contribution in [2.45, 2.75) is 77.4 Å². The van der Waals surface area contributed by atoms with Crippen LogP contribution in [0.15, 0.2) is 12.1 Å². The number of rotatable bonds is 3. The fourth-order valence-electron chi connectivity index (χ4n) is 6.03. The number of aryl methyl sites for hydroxylation is 1. The van der Waals surface area contributed by atoms with Crippen LogP contribution in [0.3, 0.4) is 0 Å². The Morgan fingerprint density at radius 2 is 2.08 bits per heavy atom. The van der Waals surface area contributed by atoms with Crippen molar-refractivity contribution in [1.29, 1.82) is 0 Å². The predicted molar refractivity (Wildman–Crippen MR) is 139 cm³/mol. The number of fused-ring (bicyclic) bond motifs is 5. The van der Waals surface area contributed by atoms with Gasteiger partial charge in [0.15, 0.2) is 5.60 Å². The van der Waals surface area contributed by atoms with Crippen LogP contribution in [-0.2, 0) is 39.5 Å². The van der Waals surface area contributed by atoms with Crippen molar-refractivity contribution in [1.82, 2.24) is 14.9 Å². The van der Waals surface area contributed by atoms with Gasteiger partial charge in [0.05, 0.1) is 29.5 Å². The minimum atomic E-state index is -1.83. The van der Waals surface area contributed by atoms with Crippen LogP contribution in [0.4, 0.5) is 4.39 Å². The van der Waals surface area contributed by atoms with Gasteiger partial charge in [0.25, 0.3) is 5.91 Å². The molecule has 0 saturated heterocycles. The lowest BCUT2D eigenvalue weighted by Crippen LogP contribution is -2.44. The first-order chi connectivity index (χ1) is 17.9. The van der Waals surface area contributed by atoms with E-state index in [1.165, 1.54) is 19.9 Å². The number of benzene rings is 1. The summed E-state index contributed by atoms with van der Waals surface area (Å²) in [5.74, 6) is -1.58. The molecule has 0 fully saturated rings. The number of cyclic esters (lactones) is 1. The summed E-state index contributed by atoms with van der Waals surface area (Å²) in [5, 5.41) is 25.4. The van der Waals surface area contributed by atoms with E-state index in [1.54, 1.807) is 19.9 Å². The second kappa shape index (κ2) is 8.14. The van der Waals surface area contributed by atoms with E-state index in [-0.39, 0.29) is 18.8 Å². The molecular weight excluding hydrogens is 509 g/mol. The molecule has 1 aliphatic carbocycles. The van der Waals surface area contributed by atoms with Crippen LogP contribution in [-0.4, -0.2) is 37.2 Å². The number of nitrogens with one attached hydrogen (secondary N) is 1. The number of carbonyl (C=O) groups excluding carboxylic acids is 2. The molecule has 6 rings (SSSR count). The summed E-state index contributed by atoms with van der Waals surface area (Å²) in [5.41, 5.74) is 2.30. The molecule has 2 aromatic heterocycles. The zero-order chi connectivity index (χ0) is 27.3. The molecule has 2 aliphatic heterocycles. The summed E-state index contributed by atoms with van der Waals surface area (Å²) in [7, 11) is 0. The second-order valence-electron chi connectivity index (χ2n) is 10.9. The van der Waals surface area contributed by atoms with Crippen LogP contribution < -0.4 is 5.32 Å². The maximum absolute atomic E-state index is 15.0. The number of amides is 1. The molecule has 2 atom stereocenters. The SMILES string of the molecule is CC[C@@]1(O)C(=O)OCc2c1cc1n(c2=S)Cc2c-1nc1cc(F)c(C)c3c1c2[C@H](NC(=O)C(C)(C)O)CC3. The van der Waals surface area contributed by atoms with Crippen LogP contribution in [0, 0.1) is 17.4 Å². The molecule has 3 aliphatic rings. The van der Waals surface area contributed by atoms with Crippen molar-refractivity contribution in [3.05, 3.63) is 56.0 Å². The molecule has 4 heterocycles. The second-order valence-corrected chi connectivity index (χ2v) is 11.3. The molecule has 3 aromatic rings. The number of aromatic nitrogens is 2. The predicted octanol–water partition coefficient (Wildman–Crippen LogP) is 3.77. The van der Waals surface area contributed by atoms with Crippen molar-refractivity contribution >= 4 is 35.0 Å². The Balaban J connectivity index is 1.64. The number of hydrogen-bond donors (Lipinski definition) is 3. The fourth-order valence-corrected chi connectivity index (χ4v) is 6.37. The summed E-state index contributed by atoms with van der Waals surface area (Å²) in [6, 6.07) is 2.72. The zero-order valence-electron chi connectivity index (χ0n) is 21.6. The largest absolute Gasteiger partial charge is 0.458 e. The third-order valence-electron chi connectivity index (χ3n) is 8.24. The fraction of sp³-hybridized carbons (Fsp3) is 0.429. The first-order valence-corrected chi connectivity index (χ1v) is 13.1. The lowest BCUT2D eigenvalue weighted by atomic mass is 9.81. The van der Waals surface area contributed by atoms with Gasteiger partial charge in [0.1, 0.15) is 22.7 Å². The highest BCUT2D eigenvalue weighted by molar-refractivity contribution is 7.71. The number of hydrogen-bond acceptors (Lipinski definition) is 7. The molecule has 198 valence electrons. The Bertz CT molecular complexity index is 1660. The van der Waals surface area contributed by atoms with E-state index in [0.29, 0.717) is 57.6 Å². The van der Waals surface area contributed by atoms with E-state index in [4.69, 9.17) is 21.9 Å². The number of esters is 1. The first kappa shape index (κ1) is 25.1. The average molecular weight is 538 g/mol. The maximum Gasteiger partial charge on any atom is 0.343 e. The van der Waals surface area contributed by atoms with E-state index >= 15 is 0 Å². The van der Waals surface area contributed by atoms with Gasteiger partial charge in [-0.1, -0.05) is 19.1 Å². The molecule has 0 radical (unpaired) electrons. The summed E-state index contributed by atoms with van der Waals surface area (Å²) < 4.78 is 22.6. The summed E-state index contributed by atoms with van der Waals surface area (Å²) in [6.07, 6.45) is 1.19. The molecule has 1 amide bonds. The van der Waals surface area contributed by atoms with Crippen molar-refractivity contribution in [3.63, 3.8) is 0 Å². The zero-order valence-corrected chi connectivity index (χ0v) is 22.4. The van der Waals surface area contributed by atoms with Crippen molar-refractivity contribution < 1.29 is 28.9 Å². The number of aliphatic hydroxyl groups is 2. The molecule has 8 nitrogen and oxygen atoms in total. The Morgan fingerprint density at radius 3 is 2.76 bits per heavy atom. The third-order valence-corrected chi connectivity index (χ3v) is 8.71. The summed E-state index contributed by atoms with van der Waals surface area (Å²) in [4.78, 5) is 30.3. The number of nitrogens with zero attached hydrogens (tertiary/aromatic N) is 2. The third kappa shape index (κ3) is 3.33. The monoisotopic (exact) mass is 537 g/mol. The number of ether oxygens (including phenoxy) is 1. The Morgan fingerprint density at radius 1 is 1.34 bits per heavy atom. The highest BCUT2D eigenvalue weighted by Gasteiger charge is 2.45. The van der Waals surface area contributed by atoms with Crippen LogP contribution in [0.1, 0.15) is 73.0 Å². The van der Waals surface area contributed by atoms with Crippen molar-refractivity contribution in [2.75, 3.05) is 0 Å². The minimum absolute atomic E-state index is 0.0347. The van der Waals surface area contributed by atoms with Crippen molar-refractivity contribution in [2.24, 2.45) is 0 Å². The molecule has 0 saturated carbocycles. The standard InChI is InChI=1S/C28H28FN3O5S/c1-5-28(36)16-8-20-23-14(10-32(20)24(38)15(16)11-37-26(28)34)22-18(31-25(33)27(3,4)35)7-6-13-12(2)17(29)9-19(30-23)21(13)22/h8-9,18,35-36H,5-7,10-11H2,1-4H3,(H,31,33)/t18-,28+/m1/s1. The topological polar surface area (TPSA) is 114 Å². The van der Waals surface area contributed by atoms with Crippen LogP contribution in [0.2, 0.25) is 0 Å². The van der Waals surface area contributed by atoms with Crippen molar-refractivity contribution in [3.8, 4) is 11.4 Å². The van der Waals surface area contributed by atoms with E-state index < -0.39 is 29.1 Å². The highest BCUT2D eigenvalue weighted by atomic mass is 32.1. The molecule has 0 spiro atoms. The molecular formula is C28H28FN3O5S. The summed E-state index contributed by atoms with van der Waals surface area (Å²) >= 11 is 5.83. The van der Waals surface area contributed by atoms with Gasteiger partial charge in [0.2, 0.25) is 0 Å². The van der Waals surface area contributed by atoms with E-state index in [1.807, 2.05) is 4.57 Å². The van der Waals surface area contributed by atoms with Gasteiger partial charge in [-0.15, -0.1) is 0 Å². The van der Waals surface area contributed by atoms with Gasteiger partial charge in [-0.25, -0.2) is 14.2 Å². The van der Waals surface area contributed by atoms with Gasteiger partial charge >= 0.3 is 5.97 Å². The average Bonchev–Trinajstić information content (AvgIpc) is 3.23. The molecule has 38 heavy (non-hydrogen) atoms. The quantitative estimate of drug-likeness (QED) is 0.269.